The number of carbonyl (C=O) groups is 2. The van der Waals surface area contributed by atoms with Crippen LogP contribution in [0.1, 0.15) is 46.0 Å². The Morgan fingerprint density at radius 3 is 2.73 bits per heavy atom. The topological polar surface area (TPSA) is 94.8 Å². The van der Waals surface area contributed by atoms with Gasteiger partial charge in [-0.2, -0.15) is 0 Å². The molecule has 4 aliphatic rings. The number of ketones is 2. The average Bonchev–Trinajstić information content (AvgIpc) is 2.86. The van der Waals surface area contributed by atoms with Crippen molar-refractivity contribution < 1.29 is 24.9 Å². The minimum atomic E-state index is -1.56. The van der Waals surface area contributed by atoms with Crippen molar-refractivity contribution in [2.75, 3.05) is 6.61 Å². The molecule has 0 amide bonds. The maximum absolute atomic E-state index is 12.4. The molecular formula is C21H28O5. The lowest BCUT2D eigenvalue weighted by atomic mass is 9.46. The summed E-state index contributed by atoms with van der Waals surface area (Å²) in [6.07, 6.45) is 7.68. The van der Waals surface area contributed by atoms with Gasteiger partial charge in [-0.15, -0.1) is 0 Å². The molecule has 4 rings (SSSR count). The fraction of sp³-hybridized carbons (Fsp3) is 0.714. The second-order valence-corrected chi connectivity index (χ2v) is 9.19. The van der Waals surface area contributed by atoms with Crippen molar-refractivity contribution in [2.45, 2.75) is 57.7 Å². The first-order chi connectivity index (χ1) is 12.2. The number of fused-ring (bicyclic) bond motifs is 5. The molecule has 3 N–H and O–H groups in total. The molecule has 0 aliphatic heterocycles. The molecule has 5 heteroatoms. The highest BCUT2D eigenvalue weighted by Gasteiger charge is 2.67. The maximum Gasteiger partial charge on any atom is 0.190 e. The number of hydrogen-bond donors (Lipinski definition) is 3. The third kappa shape index (κ3) is 2.08. The van der Waals surface area contributed by atoms with Crippen LogP contribution in [0.4, 0.5) is 0 Å². The molecule has 4 aliphatic carbocycles. The standard InChI is InChI=1S/C21H28O5/c1-19-7-5-13(23)9-12(19)3-4-14-15-6-8-21(26,17(25)11-22)20(15,2)10-16(24)18(14)19/h5,7,9,14-16,18,22,24,26H,3-4,6,8,10-11H2,1-2H3/t14-,15-,16-,18+,19+,20+,21-/m0/s1. The van der Waals surface area contributed by atoms with Crippen LogP contribution in [0.25, 0.3) is 0 Å². The van der Waals surface area contributed by atoms with E-state index in [9.17, 15) is 24.9 Å². The summed E-state index contributed by atoms with van der Waals surface area (Å²) < 4.78 is 0. The predicted molar refractivity (Wildman–Crippen MR) is 95.0 cm³/mol. The summed E-state index contributed by atoms with van der Waals surface area (Å²) in [4.78, 5) is 24.2. The molecule has 7 atom stereocenters. The van der Waals surface area contributed by atoms with E-state index in [2.05, 4.69) is 6.92 Å². The van der Waals surface area contributed by atoms with E-state index >= 15 is 0 Å². The van der Waals surface area contributed by atoms with Crippen molar-refractivity contribution in [3.05, 3.63) is 23.8 Å². The fourth-order valence-electron chi connectivity index (χ4n) is 6.92. The van der Waals surface area contributed by atoms with Crippen molar-refractivity contribution >= 4 is 11.6 Å². The molecule has 0 heterocycles. The van der Waals surface area contributed by atoms with Crippen LogP contribution >= 0.6 is 0 Å². The largest absolute Gasteiger partial charge is 0.393 e. The summed E-state index contributed by atoms with van der Waals surface area (Å²) in [7, 11) is 0. The monoisotopic (exact) mass is 360 g/mol. The Balaban J connectivity index is 1.75. The summed E-state index contributed by atoms with van der Waals surface area (Å²) in [6.45, 7) is 3.34. The van der Waals surface area contributed by atoms with Crippen LogP contribution in [0.15, 0.2) is 23.8 Å². The molecule has 3 fully saturated rings. The highest BCUT2D eigenvalue weighted by atomic mass is 16.3. The SMILES string of the molecule is C[C@@]12C=CC(=O)C=C1CC[C@@H]1[C@@H]2[C@@H](O)C[C@]2(C)[C@H]1CC[C@]2(O)C(=O)CO. The zero-order valence-electron chi connectivity index (χ0n) is 15.4. The molecule has 0 spiro atoms. The van der Waals surface area contributed by atoms with E-state index in [-0.39, 0.29) is 29.0 Å². The van der Waals surface area contributed by atoms with E-state index in [0.717, 1.165) is 24.8 Å². The van der Waals surface area contributed by atoms with Gasteiger partial charge in [-0.3, -0.25) is 9.59 Å². The smallest absolute Gasteiger partial charge is 0.190 e. The third-order valence-corrected chi connectivity index (χ3v) is 8.25. The first-order valence-electron chi connectivity index (χ1n) is 9.66. The summed E-state index contributed by atoms with van der Waals surface area (Å²) >= 11 is 0. The van der Waals surface area contributed by atoms with Crippen LogP contribution in [-0.2, 0) is 9.59 Å². The molecule has 142 valence electrons. The van der Waals surface area contributed by atoms with E-state index in [1.54, 1.807) is 12.2 Å². The number of aliphatic hydroxyl groups is 3. The summed E-state index contributed by atoms with van der Waals surface area (Å²) in [6, 6.07) is 0. The molecule has 0 aromatic heterocycles. The average molecular weight is 360 g/mol. The van der Waals surface area contributed by atoms with E-state index in [1.165, 1.54) is 0 Å². The minimum Gasteiger partial charge on any atom is -0.393 e. The van der Waals surface area contributed by atoms with Crippen molar-refractivity contribution in [3.63, 3.8) is 0 Å². The van der Waals surface area contributed by atoms with Crippen LogP contribution in [0.5, 0.6) is 0 Å². The molecule has 0 radical (unpaired) electrons. The Morgan fingerprint density at radius 2 is 2.04 bits per heavy atom. The lowest BCUT2D eigenvalue weighted by Gasteiger charge is -2.59. The Bertz CT molecular complexity index is 724. The van der Waals surface area contributed by atoms with Gasteiger partial charge in [0.25, 0.3) is 0 Å². The van der Waals surface area contributed by atoms with Crippen molar-refractivity contribution in [2.24, 2.45) is 28.6 Å². The van der Waals surface area contributed by atoms with Gasteiger partial charge in [0.2, 0.25) is 0 Å². The van der Waals surface area contributed by atoms with E-state index < -0.39 is 29.5 Å². The highest BCUT2D eigenvalue weighted by Crippen LogP contribution is 2.67. The molecule has 0 bridgehead atoms. The van der Waals surface area contributed by atoms with Gasteiger partial charge in [0.1, 0.15) is 12.2 Å². The minimum absolute atomic E-state index is 0.00912. The van der Waals surface area contributed by atoms with Crippen LogP contribution in [0, 0.1) is 28.6 Å². The number of aliphatic hydroxyl groups excluding tert-OH is 2. The molecule has 0 saturated heterocycles. The van der Waals surface area contributed by atoms with Crippen molar-refractivity contribution in [1.82, 2.24) is 0 Å². The molecular weight excluding hydrogens is 332 g/mol. The van der Waals surface area contributed by atoms with Gasteiger partial charge >= 0.3 is 0 Å². The third-order valence-electron chi connectivity index (χ3n) is 8.25. The van der Waals surface area contributed by atoms with Gasteiger partial charge in [0, 0.05) is 16.7 Å². The van der Waals surface area contributed by atoms with Crippen molar-refractivity contribution in [1.29, 1.82) is 0 Å². The fourth-order valence-corrected chi connectivity index (χ4v) is 6.92. The zero-order chi connectivity index (χ0) is 18.9. The molecule has 3 saturated carbocycles. The van der Waals surface area contributed by atoms with Gasteiger partial charge in [0.05, 0.1) is 6.10 Å². The lowest BCUT2D eigenvalue weighted by Crippen LogP contribution is -2.61. The summed E-state index contributed by atoms with van der Waals surface area (Å²) in [5.41, 5.74) is -1.54. The first-order valence-corrected chi connectivity index (χ1v) is 9.66. The molecule has 26 heavy (non-hydrogen) atoms. The van der Waals surface area contributed by atoms with E-state index in [0.29, 0.717) is 12.8 Å². The van der Waals surface area contributed by atoms with Gasteiger partial charge in [-0.25, -0.2) is 0 Å². The van der Waals surface area contributed by atoms with Crippen LogP contribution < -0.4 is 0 Å². The second-order valence-electron chi connectivity index (χ2n) is 9.19. The molecule has 0 aromatic carbocycles. The van der Waals surface area contributed by atoms with Crippen LogP contribution in [-0.4, -0.2) is 45.2 Å². The quantitative estimate of drug-likeness (QED) is 0.695. The molecule has 0 unspecified atom stereocenters. The van der Waals surface area contributed by atoms with Gasteiger partial charge in [0.15, 0.2) is 11.6 Å². The highest BCUT2D eigenvalue weighted by molar-refractivity contribution is 6.01. The van der Waals surface area contributed by atoms with Gasteiger partial charge in [-0.05, 0) is 56.1 Å². The zero-order valence-corrected chi connectivity index (χ0v) is 15.4. The van der Waals surface area contributed by atoms with Crippen LogP contribution in [0.3, 0.4) is 0 Å². The van der Waals surface area contributed by atoms with E-state index in [1.807, 2.05) is 13.0 Å². The summed E-state index contributed by atoms with van der Waals surface area (Å²) in [5.74, 6) is -0.227. The number of hydrogen-bond acceptors (Lipinski definition) is 5. The maximum atomic E-state index is 12.4. The van der Waals surface area contributed by atoms with E-state index in [4.69, 9.17) is 0 Å². The lowest BCUT2D eigenvalue weighted by molar-refractivity contribution is -0.178. The Kier molecular flexibility index (Phi) is 3.89. The first kappa shape index (κ1) is 18.1. The Hall–Kier alpha value is -1.30. The number of rotatable bonds is 2. The molecule has 5 nitrogen and oxygen atoms in total. The number of allylic oxidation sites excluding steroid dienone is 4. The number of carbonyl (C=O) groups excluding carboxylic acids is 2. The van der Waals surface area contributed by atoms with Gasteiger partial charge < -0.3 is 15.3 Å². The normalized spacial score (nSPS) is 49.9. The second kappa shape index (κ2) is 5.60. The number of Topliss-reactive ketones (excluding diaryl/α,β-unsaturated/α-hetero) is 1. The van der Waals surface area contributed by atoms with Crippen LogP contribution in [0.2, 0.25) is 0 Å². The Labute approximate surface area is 153 Å². The molecule has 0 aromatic rings. The predicted octanol–water partition coefficient (Wildman–Crippen LogP) is 1.56. The summed E-state index contributed by atoms with van der Waals surface area (Å²) in [5, 5.41) is 31.7. The Morgan fingerprint density at radius 1 is 1.31 bits per heavy atom. The van der Waals surface area contributed by atoms with Crippen molar-refractivity contribution in [3.8, 4) is 0 Å². The van der Waals surface area contributed by atoms with Gasteiger partial charge in [-0.1, -0.05) is 25.5 Å².